The van der Waals surface area contributed by atoms with E-state index >= 15 is 0 Å². The Kier molecular flexibility index (Phi) is 7.87. The molecule has 1 saturated heterocycles. The summed E-state index contributed by atoms with van der Waals surface area (Å²) in [5.74, 6) is 0.908. The first kappa shape index (κ1) is 22.3. The van der Waals surface area contributed by atoms with E-state index in [2.05, 4.69) is 0 Å². The van der Waals surface area contributed by atoms with Gasteiger partial charge in [0.05, 0.1) is 11.5 Å². The van der Waals surface area contributed by atoms with Gasteiger partial charge in [0.2, 0.25) is 15.9 Å². The van der Waals surface area contributed by atoms with Gasteiger partial charge in [-0.15, -0.1) is 0 Å². The van der Waals surface area contributed by atoms with Crippen molar-refractivity contribution >= 4 is 15.9 Å². The van der Waals surface area contributed by atoms with E-state index < -0.39 is 10.0 Å². The third-order valence-corrected chi connectivity index (χ3v) is 7.24. The molecule has 2 aromatic rings. The lowest BCUT2D eigenvalue weighted by molar-refractivity contribution is -0.129. The summed E-state index contributed by atoms with van der Waals surface area (Å²) < 4.78 is 32.3. The van der Waals surface area contributed by atoms with Crippen LogP contribution >= 0.6 is 0 Å². The molecule has 7 heteroatoms. The van der Waals surface area contributed by atoms with Gasteiger partial charge < -0.3 is 9.64 Å². The first-order valence-corrected chi connectivity index (χ1v) is 11.9. The van der Waals surface area contributed by atoms with Crippen molar-refractivity contribution in [3.05, 3.63) is 60.2 Å². The largest absolute Gasteiger partial charge is 0.494 e. The number of nitrogens with zero attached hydrogens (tertiary/aromatic N) is 2. The highest BCUT2D eigenvalue weighted by Crippen LogP contribution is 2.21. The van der Waals surface area contributed by atoms with Crippen molar-refractivity contribution in [1.29, 1.82) is 0 Å². The van der Waals surface area contributed by atoms with Gasteiger partial charge in [-0.2, -0.15) is 4.31 Å². The number of ether oxygens (including phenoxy) is 1. The van der Waals surface area contributed by atoms with E-state index in [-0.39, 0.29) is 5.91 Å². The van der Waals surface area contributed by atoms with E-state index in [4.69, 9.17) is 4.74 Å². The third kappa shape index (κ3) is 6.06. The quantitative estimate of drug-likeness (QED) is 0.542. The van der Waals surface area contributed by atoms with E-state index in [1.807, 2.05) is 42.5 Å². The number of benzene rings is 2. The van der Waals surface area contributed by atoms with Gasteiger partial charge in [0.1, 0.15) is 5.75 Å². The number of carbonyl (C=O) groups is 1. The maximum absolute atomic E-state index is 12.6. The van der Waals surface area contributed by atoms with Gasteiger partial charge in [-0.1, -0.05) is 30.3 Å². The molecule has 0 bridgehead atoms. The summed E-state index contributed by atoms with van der Waals surface area (Å²) in [7, 11) is -1.58. The van der Waals surface area contributed by atoms with Crippen molar-refractivity contribution in [3.8, 4) is 5.75 Å². The Hall–Kier alpha value is -2.38. The second-order valence-electron chi connectivity index (χ2n) is 7.59. The smallest absolute Gasteiger partial charge is 0.243 e. The van der Waals surface area contributed by atoms with Crippen molar-refractivity contribution in [2.75, 3.05) is 33.3 Å². The lowest BCUT2D eigenvalue weighted by Gasteiger charge is -2.18. The fourth-order valence-corrected chi connectivity index (χ4v) is 5.00. The monoisotopic (exact) mass is 430 g/mol. The van der Waals surface area contributed by atoms with Crippen LogP contribution in [0.3, 0.4) is 0 Å². The minimum Gasteiger partial charge on any atom is -0.494 e. The Labute approximate surface area is 179 Å². The van der Waals surface area contributed by atoms with Crippen molar-refractivity contribution in [2.45, 2.75) is 37.0 Å². The average molecular weight is 431 g/mol. The molecule has 1 fully saturated rings. The number of hydrogen-bond acceptors (Lipinski definition) is 4. The number of aryl methyl sites for hydroxylation is 1. The Bertz CT molecular complexity index is 908. The first-order chi connectivity index (χ1) is 14.5. The Balaban J connectivity index is 1.40. The molecule has 0 aliphatic carbocycles. The van der Waals surface area contributed by atoms with Crippen molar-refractivity contribution < 1.29 is 17.9 Å². The molecule has 0 N–H and O–H groups in total. The topological polar surface area (TPSA) is 66.9 Å². The van der Waals surface area contributed by atoms with E-state index in [9.17, 15) is 13.2 Å². The third-order valence-electron chi connectivity index (χ3n) is 5.33. The molecule has 6 nitrogen and oxygen atoms in total. The van der Waals surface area contributed by atoms with E-state index in [0.29, 0.717) is 44.0 Å². The summed E-state index contributed by atoms with van der Waals surface area (Å²) in [6.07, 6.45) is 3.60. The van der Waals surface area contributed by atoms with E-state index in [1.54, 1.807) is 28.4 Å². The molecule has 0 atom stereocenters. The number of para-hydroxylation sites is 1. The minimum atomic E-state index is -3.39. The molecule has 0 unspecified atom stereocenters. The van der Waals surface area contributed by atoms with Crippen molar-refractivity contribution in [3.63, 3.8) is 0 Å². The van der Waals surface area contributed by atoms with Crippen LogP contribution in [-0.4, -0.2) is 56.8 Å². The van der Waals surface area contributed by atoms with Gasteiger partial charge in [-0.25, -0.2) is 8.42 Å². The number of carbonyl (C=O) groups excluding carboxylic acids is 1. The van der Waals surface area contributed by atoms with Crippen molar-refractivity contribution in [1.82, 2.24) is 9.21 Å². The van der Waals surface area contributed by atoms with Gasteiger partial charge >= 0.3 is 0 Å². The van der Waals surface area contributed by atoms with Crippen molar-refractivity contribution in [2.24, 2.45) is 0 Å². The van der Waals surface area contributed by atoms with Crippen LogP contribution < -0.4 is 4.74 Å². The van der Waals surface area contributed by atoms with Crippen LogP contribution in [-0.2, 0) is 21.2 Å². The maximum Gasteiger partial charge on any atom is 0.243 e. The molecule has 1 amide bonds. The Morgan fingerprint density at radius 2 is 1.70 bits per heavy atom. The molecule has 162 valence electrons. The Morgan fingerprint density at radius 3 is 2.37 bits per heavy atom. The van der Waals surface area contributed by atoms with Crippen LogP contribution in [0, 0.1) is 0 Å². The molecule has 0 aromatic heterocycles. The van der Waals surface area contributed by atoms with Gasteiger partial charge in [0.15, 0.2) is 0 Å². The molecule has 0 radical (unpaired) electrons. The summed E-state index contributed by atoms with van der Waals surface area (Å²) in [4.78, 5) is 14.4. The molecule has 1 aliphatic heterocycles. The number of amides is 1. The molecule has 3 rings (SSSR count). The molecule has 30 heavy (non-hydrogen) atoms. The summed E-state index contributed by atoms with van der Waals surface area (Å²) in [5, 5.41) is 0. The zero-order valence-electron chi connectivity index (χ0n) is 17.5. The van der Waals surface area contributed by atoms with Crippen LogP contribution in [0.5, 0.6) is 5.75 Å². The normalized spacial score (nSPS) is 14.6. The van der Waals surface area contributed by atoms with Gasteiger partial charge in [0, 0.05) is 33.1 Å². The van der Waals surface area contributed by atoms with Gasteiger partial charge in [-0.05, 0) is 55.5 Å². The maximum atomic E-state index is 12.6. The number of sulfonamides is 1. The average Bonchev–Trinajstić information content (AvgIpc) is 3.32. The molecule has 0 saturated carbocycles. The summed E-state index contributed by atoms with van der Waals surface area (Å²) >= 11 is 0. The standard InChI is InChI=1S/C23H30N2O4S/c1-24(16-7-19-29-21-8-3-2-4-9-21)23(26)15-12-20-10-13-22(14-11-20)30(27,28)25-17-5-6-18-25/h2-4,8-11,13-14H,5-7,12,15-19H2,1H3. The highest BCUT2D eigenvalue weighted by molar-refractivity contribution is 7.89. The zero-order chi connectivity index (χ0) is 21.4. The predicted octanol–water partition coefficient (Wildman–Crippen LogP) is 3.33. The molecule has 0 spiro atoms. The van der Waals surface area contributed by atoms with Crippen LogP contribution in [0.25, 0.3) is 0 Å². The first-order valence-electron chi connectivity index (χ1n) is 10.5. The molecular formula is C23H30N2O4S. The SMILES string of the molecule is CN(CCCOc1ccccc1)C(=O)CCc1ccc(S(=O)(=O)N2CCCC2)cc1. The van der Waals surface area contributed by atoms with Crippen LogP contribution in [0.4, 0.5) is 0 Å². The highest BCUT2D eigenvalue weighted by atomic mass is 32.2. The molecular weight excluding hydrogens is 400 g/mol. The zero-order valence-corrected chi connectivity index (χ0v) is 18.3. The van der Waals surface area contributed by atoms with Crippen LogP contribution in [0.15, 0.2) is 59.5 Å². The summed E-state index contributed by atoms with van der Waals surface area (Å²) in [6.45, 7) is 2.40. The lowest BCUT2D eigenvalue weighted by Crippen LogP contribution is -2.29. The van der Waals surface area contributed by atoms with E-state index in [1.165, 1.54) is 0 Å². The molecule has 2 aromatic carbocycles. The molecule has 1 heterocycles. The second kappa shape index (κ2) is 10.6. The van der Waals surface area contributed by atoms with Crippen LogP contribution in [0.2, 0.25) is 0 Å². The minimum absolute atomic E-state index is 0.0727. The van der Waals surface area contributed by atoms with Gasteiger partial charge in [0.25, 0.3) is 0 Å². The van der Waals surface area contributed by atoms with E-state index in [0.717, 1.165) is 30.6 Å². The summed E-state index contributed by atoms with van der Waals surface area (Å²) in [5.41, 5.74) is 0.963. The predicted molar refractivity (Wildman–Crippen MR) is 117 cm³/mol. The summed E-state index contributed by atoms with van der Waals surface area (Å²) in [6, 6.07) is 16.6. The second-order valence-corrected chi connectivity index (χ2v) is 9.52. The number of hydrogen-bond donors (Lipinski definition) is 0. The molecule has 1 aliphatic rings. The Morgan fingerprint density at radius 1 is 1.03 bits per heavy atom. The lowest BCUT2D eigenvalue weighted by atomic mass is 10.1. The highest BCUT2D eigenvalue weighted by Gasteiger charge is 2.26. The number of rotatable bonds is 10. The van der Waals surface area contributed by atoms with Gasteiger partial charge in [-0.3, -0.25) is 4.79 Å². The fourth-order valence-electron chi connectivity index (χ4n) is 3.48. The van der Waals surface area contributed by atoms with Crippen LogP contribution in [0.1, 0.15) is 31.2 Å². The fraction of sp³-hybridized carbons (Fsp3) is 0.435.